The minimum absolute atomic E-state index is 0.00528. The lowest BCUT2D eigenvalue weighted by molar-refractivity contribution is 0.278. The predicted octanol–water partition coefficient (Wildman–Crippen LogP) is 3.05. The highest BCUT2D eigenvalue weighted by Crippen LogP contribution is 2.33. The molecule has 4 nitrogen and oxygen atoms in total. The summed E-state index contributed by atoms with van der Waals surface area (Å²) >= 11 is 6.00. The van der Waals surface area contributed by atoms with Crippen LogP contribution in [0.4, 0.5) is 0 Å². The van der Waals surface area contributed by atoms with Gasteiger partial charge in [-0.1, -0.05) is 23.7 Å². The highest BCUT2D eigenvalue weighted by molar-refractivity contribution is 6.30. The summed E-state index contributed by atoms with van der Waals surface area (Å²) in [6.45, 7) is 0.399. The second-order valence-electron chi connectivity index (χ2n) is 4.46. The maximum absolute atomic E-state index is 10.0. The number of aromatic hydroxyl groups is 1. The van der Waals surface area contributed by atoms with E-state index in [1.54, 1.807) is 18.2 Å². The average molecular weight is 289 g/mol. The summed E-state index contributed by atoms with van der Waals surface area (Å²) in [6, 6.07) is 12.5. The van der Waals surface area contributed by atoms with Gasteiger partial charge < -0.3 is 14.8 Å². The number of halogens is 1. The van der Waals surface area contributed by atoms with E-state index in [1.807, 2.05) is 28.8 Å². The summed E-state index contributed by atoms with van der Waals surface area (Å²) in [7, 11) is 0. The molecule has 0 spiro atoms. The summed E-state index contributed by atoms with van der Waals surface area (Å²) in [5.74, 6) is 0.712. The highest BCUT2D eigenvalue weighted by atomic mass is 35.5. The summed E-state index contributed by atoms with van der Waals surface area (Å²) < 4.78 is 1.88. The van der Waals surface area contributed by atoms with Crippen LogP contribution in [0.3, 0.4) is 0 Å². The van der Waals surface area contributed by atoms with E-state index in [9.17, 15) is 10.2 Å². The molecule has 3 aromatic rings. The molecular weight excluding hydrogens is 276 g/mol. The van der Waals surface area contributed by atoms with Crippen molar-refractivity contribution in [1.29, 1.82) is 0 Å². The van der Waals surface area contributed by atoms with Crippen LogP contribution in [0.1, 0.15) is 0 Å². The second-order valence-corrected chi connectivity index (χ2v) is 4.90. The van der Waals surface area contributed by atoms with Gasteiger partial charge in [0.2, 0.25) is 0 Å². The number of aromatic nitrogens is 2. The lowest BCUT2D eigenvalue weighted by Gasteiger charge is -2.09. The molecule has 0 bridgehead atoms. The van der Waals surface area contributed by atoms with Gasteiger partial charge in [0.25, 0.3) is 0 Å². The smallest absolute Gasteiger partial charge is 0.145 e. The number of hydrogen-bond acceptors (Lipinski definition) is 3. The number of phenols is 1. The quantitative estimate of drug-likeness (QED) is 0.779. The lowest BCUT2D eigenvalue weighted by Crippen LogP contribution is -2.04. The molecule has 0 aliphatic rings. The van der Waals surface area contributed by atoms with E-state index in [0.29, 0.717) is 23.0 Å². The molecule has 2 N–H and O–H groups in total. The Morgan fingerprint density at radius 3 is 2.75 bits per heavy atom. The molecule has 0 aliphatic heterocycles. The molecule has 0 unspecified atom stereocenters. The normalized spacial score (nSPS) is 11.1. The van der Waals surface area contributed by atoms with Gasteiger partial charge >= 0.3 is 0 Å². The zero-order valence-corrected chi connectivity index (χ0v) is 11.4. The summed E-state index contributed by atoms with van der Waals surface area (Å²) in [6.07, 6.45) is 0. The Kier molecular flexibility index (Phi) is 3.34. The maximum Gasteiger partial charge on any atom is 0.145 e. The first-order valence-electron chi connectivity index (χ1n) is 6.25. The third-order valence-electron chi connectivity index (χ3n) is 3.18. The number of rotatable bonds is 3. The van der Waals surface area contributed by atoms with Gasteiger partial charge in [0, 0.05) is 11.6 Å². The molecular formula is C15H13ClN2O2. The number of para-hydroxylation sites is 2. The Hall–Kier alpha value is -2.04. The maximum atomic E-state index is 10.0. The van der Waals surface area contributed by atoms with Crippen molar-refractivity contribution in [2.75, 3.05) is 6.61 Å². The van der Waals surface area contributed by atoms with Crippen molar-refractivity contribution in [3.8, 4) is 17.1 Å². The van der Waals surface area contributed by atoms with Crippen LogP contribution in [-0.4, -0.2) is 26.4 Å². The van der Waals surface area contributed by atoms with Crippen LogP contribution in [0.15, 0.2) is 42.5 Å². The molecule has 2 aromatic carbocycles. The molecule has 20 heavy (non-hydrogen) atoms. The van der Waals surface area contributed by atoms with Gasteiger partial charge in [0.15, 0.2) is 0 Å². The Morgan fingerprint density at radius 2 is 1.95 bits per heavy atom. The van der Waals surface area contributed by atoms with Crippen LogP contribution in [-0.2, 0) is 6.54 Å². The SMILES string of the molecule is OCCn1c(-c2cc(Cl)ccc2O)nc2ccccc21. The van der Waals surface area contributed by atoms with Gasteiger partial charge in [-0.05, 0) is 30.3 Å². The third kappa shape index (κ3) is 2.13. The number of phenolic OH excluding ortho intramolecular Hbond substituents is 1. The number of imidazole rings is 1. The van der Waals surface area contributed by atoms with Gasteiger partial charge in [-0.15, -0.1) is 0 Å². The number of aliphatic hydroxyl groups is 1. The van der Waals surface area contributed by atoms with Crippen LogP contribution in [0.25, 0.3) is 22.4 Å². The average Bonchev–Trinajstić information content (AvgIpc) is 2.81. The fraction of sp³-hybridized carbons (Fsp3) is 0.133. The monoisotopic (exact) mass is 288 g/mol. The van der Waals surface area contributed by atoms with Gasteiger partial charge in [0.05, 0.1) is 23.2 Å². The number of nitrogens with zero attached hydrogens (tertiary/aromatic N) is 2. The zero-order chi connectivity index (χ0) is 14.1. The molecule has 1 aromatic heterocycles. The highest BCUT2D eigenvalue weighted by Gasteiger charge is 2.15. The summed E-state index contributed by atoms with van der Waals surface area (Å²) in [5.41, 5.74) is 2.29. The fourth-order valence-electron chi connectivity index (χ4n) is 2.29. The molecule has 0 radical (unpaired) electrons. The minimum atomic E-state index is -0.00528. The van der Waals surface area contributed by atoms with E-state index >= 15 is 0 Å². The molecule has 0 atom stereocenters. The molecule has 0 saturated heterocycles. The molecule has 102 valence electrons. The Balaban J connectivity index is 2.29. The fourth-order valence-corrected chi connectivity index (χ4v) is 2.47. The number of hydrogen-bond donors (Lipinski definition) is 2. The van der Waals surface area contributed by atoms with Crippen molar-refractivity contribution >= 4 is 22.6 Å². The first-order chi connectivity index (χ1) is 9.70. The molecule has 1 heterocycles. The first kappa shape index (κ1) is 13.0. The van der Waals surface area contributed by atoms with E-state index in [2.05, 4.69) is 4.98 Å². The van der Waals surface area contributed by atoms with Gasteiger partial charge in [-0.25, -0.2) is 4.98 Å². The number of fused-ring (bicyclic) bond motifs is 1. The predicted molar refractivity (Wildman–Crippen MR) is 78.9 cm³/mol. The Bertz CT molecular complexity index is 768. The van der Waals surface area contributed by atoms with Crippen LogP contribution >= 0.6 is 11.6 Å². The largest absolute Gasteiger partial charge is 0.507 e. The van der Waals surface area contributed by atoms with Crippen molar-refractivity contribution in [1.82, 2.24) is 9.55 Å². The van der Waals surface area contributed by atoms with Crippen LogP contribution in [0.2, 0.25) is 5.02 Å². The standard InChI is InChI=1S/C15H13ClN2O2/c16-10-5-6-14(20)11(9-10)15-17-12-3-1-2-4-13(12)18(15)7-8-19/h1-6,9,19-20H,7-8H2. The molecule has 0 aliphatic carbocycles. The topological polar surface area (TPSA) is 58.3 Å². The van der Waals surface area contributed by atoms with Crippen LogP contribution in [0, 0.1) is 0 Å². The third-order valence-corrected chi connectivity index (χ3v) is 3.41. The second kappa shape index (κ2) is 5.15. The van der Waals surface area contributed by atoms with Crippen LogP contribution in [0.5, 0.6) is 5.75 Å². The van der Waals surface area contributed by atoms with E-state index in [0.717, 1.165) is 11.0 Å². The van der Waals surface area contributed by atoms with E-state index < -0.39 is 0 Å². The van der Waals surface area contributed by atoms with E-state index in [1.165, 1.54) is 0 Å². The van der Waals surface area contributed by atoms with E-state index in [-0.39, 0.29) is 12.4 Å². The summed E-state index contributed by atoms with van der Waals surface area (Å²) in [5, 5.41) is 19.8. The van der Waals surface area contributed by atoms with Crippen molar-refractivity contribution in [3.63, 3.8) is 0 Å². The number of aliphatic hydroxyl groups excluding tert-OH is 1. The van der Waals surface area contributed by atoms with Gasteiger partial charge in [-0.2, -0.15) is 0 Å². The van der Waals surface area contributed by atoms with Gasteiger partial charge in [0.1, 0.15) is 11.6 Å². The zero-order valence-electron chi connectivity index (χ0n) is 10.6. The molecule has 3 rings (SSSR count). The lowest BCUT2D eigenvalue weighted by atomic mass is 10.2. The molecule has 5 heteroatoms. The summed E-state index contributed by atoms with van der Waals surface area (Å²) in [4.78, 5) is 4.54. The van der Waals surface area contributed by atoms with E-state index in [4.69, 9.17) is 11.6 Å². The Morgan fingerprint density at radius 1 is 1.15 bits per heavy atom. The molecule has 0 fully saturated rings. The van der Waals surface area contributed by atoms with Crippen LogP contribution < -0.4 is 0 Å². The van der Waals surface area contributed by atoms with Crippen molar-refractivity contribution in [2.24, 2.45) is 0 Å². The number of benzene rings is 2. The van der Waals surface area contributed by atoms with Gasteiger partial charge in [-0.3, -0.25) is 0 Å². The van der Waals surface area contributed by atoms with Crippen molar-refractivity contribution < 1.29 is 10.2 Å². The first-order valence-corrected chi connectivity index (χ1v) is 6.63. The molecule has 0 saturated carbocycles. The van der Waals surface area contributed by atoms with Crippen molar-refractivity contribution in [3.05, 3.63) is 47.5 Å². The minimum Gasteiger partial charge on any atom is -0.507 e. The molecule has 0 amide bonds. The van der Waals surface area contributed by atoms with Crippen molar-refractivity contribution in [2.45, 2.75) is 6.54 Å². The Labute approximate surface area is 120 Å².